The summed E-state index contributed by atoms with van der Waals surface area (Å²) in [5.74, 6) is 0.991. The fourth-order valence-electron chi connectivity index (χ4n) is 5.26. The Hall–Kier alpha value is -4.26. The lowest BCUT2D eigenvalue weighted by molar-refractivity contribution is -0.132. The molecule has 4 aromatic rings. The molecule has 1 saturated heterocycles. The highest BCUT2D eigenvalue weighted by Crippen LogP contribution is 2.46. The standard InChI is InChI=1S/C35H34ClN3O7S2/c1-4-43-27-17-22(7-11-25(27)44-14-13-20(2)3)30-29(31(40)23-8-12-26-28(18-23)46-16-15-45-26)32(41)33(42)39(30)34-37-38-35(48-34)47-19-21-5-9-24(36)10-6-21/h5-12,17-18,20,30,40H,4,13-16,19H2,1-3H3/b31-29+/t30-/m0/s1. The van der Waals surface area contributed by atoms with E-state index in [1.165, 1.54) is 28.0 Å². The number of Topliss-reactive ketones (excluding diaryl/α,β-unsaturated/α-hetero) is 1. The van der Waals surface area contributed by atoms with Crippen LogP contribution in [-0.2, 0) is 15.3 Å². The average molecular weight is 708 g/mol. The third-order valence-electron chi connectivity index (χ3n) is 7.67. The van der Waals surface area contributed by atoms with Crippen LogP contribution in [0.1, 0.15) is 49.9 Å². The molecule has 0 radical (unpaired) electrons. The molecule has 250 valence electrons. The molecule has 10 nitrogen and oxygen atoms in total. The number of nitrogens with zero attached hydrogens (tertiary/aromatic N) is 3. The van der Waals surface area contributed by atoms with E-state index in [1.54, 1.807) is 36.4 Å². The Morgan fingerprint density at radius 2 is 1.79 bits per heavy atom. The molecule has 0 unspecified atom stereocenters. The topological polar surface area (TPSA) is 120 Å². The lowest BCUT2D eigenvalue weighted by atomic mass is 9.95. The third-order valence-corrected chi connectivity index (χ3v) is 10.1. The van der Waals surface area contributed by atoms with Crippen molar-refractivity contribution in [2.75, 3.05) is 31.3 Å². The Morgan fingerprint density at radius 1 is 1.02 bits per heavy atom. The SMILES string of the molecule is CCOc1cc([C@H]2/C(=C(\O)c3ccc4c(c3)OCCO4)C(=O)C(=O)N2c2nnc(SCc3ccc(Cl)cc3)s2)ccc1OCCC(C)C. The first-order valence-electron chi connectivity index (χ1n) is 15.5. The highest BCUT2D eigenvalue weighted by Gasteiger charge is 2.48. The van der Waals surface area contributed by atoms with E-state index in [0.717, 1.165) is 12.0 Å². The van der Waals surface area contributed by atoms with Crippen molar-refractivity contribution >= 4 is 57.3 Å². The second-order valence-corrected chi connectivity index (χ2v) is 14.1. The maximum atomic E-state index is 13.8. The number of anilines is 1. The zero-order valence-corrected chi connectivity index (χ0v) is 29.0. The number of amides is 1. The number of aliphatic hydroxyl groups is 1. The van der Waals surface area contributed by atoms with Crippen molar-refractivity contribution in [1.29, 1.82) is 0 Å². The van der Waals surface area contributed by atoms with Crippen LogP contribution in [0.5, 0.6) is 23.0 Å². The Morgan fingerprint density at radius 3 is 2.54 bits per heavy atom. The highest BCUT2D eigenvalue weighted by atomic mass is 35.5. The van der Waals surface area contributed by atoms with E-state index in [4.69, 9.17) is 30.5 Å². The van der Waals surface area contributed by atoms with Crippen LogP contribution in [0, 0.1) is 5.92 Å². The van der Waals surface area contributed by atoms with E-state index in [1.807, 2.05) is 31.2 Å². The molecule has 1 aromatic heterocycles. The van der Waals surface area contributed by atoms with Gasteiger partial charge in [-0.15, -0.1) is 10.2 Å². The summed E-state index contributed by atoms with van der Waals surface area (Å²) in [5.41, 5.74) is 1.77. The Labute approximate surface area is 291 Å². The molecule has 1 amide bonds. The number of aromatic nitrogens is 2. The van der Waals surface area contributed by atoms with Gasteiger partial charge in [-0.2, -0.15) is 0 Å². The van der Waals surface area contributed by atoms with Crippen molar-refractivity contribution in [1.82, 2.24) is 10.2 Å². The number of ether oxygens (including phenoxy) is 4. The van der Waals surface area contributed by atoms with Crippen LogP contribution in [0.4, 0.5) is 5.13 Å². The monoisotopic (exact) mass is 707 g/mol. The van der Waals surface area contributed by atoms with Gasteiger partial charge >= 0.3 is 5.91 Å². The maximum absolute atomic E-state index is 13.8. The number of hydrogen-bond donors (Lipinski definition) is 1. The van der Waals surface area contributed by atoms with Crippen LogP contribution >= 0.6 is 34.7 Å². The highest BCUT2D eigenvalue weighted by molar-refractivity contribution is 8.00. The number of carbonyl (C=O) groups is 2. The first kappa shape index (κ1) is 33.6. The summed E-state index contributed by atoms with van der Waals surface area (Å²) in [6.07, 6.45) is 0.860. The van der Waals surface area contributed by atoms with Gasteiger partial charge in [-0.1, -0.05) is 66.7 Å². The normalized spacial score (nSPS) is 16.9. The zero-order valence-electron chi connectivity index (χ0n) is 26.6. The second-order valence-electron chi connectivity index (χ2n) is 11.5. The molecular formula is C35H34ClN3O7S2. The molecule has 0 spiro atoms. The quantitative estimate of drug-likeness (QED) is 0.0516. The fraction of sp³-hybridized carbons (Fsp3) is 0.314. The predicted octanol–water partition coefficient (Wildman–Crippen LogP) is 7.70. The summed E-state index contributed by atoms with van der Waals surface area (Å²) in [7, 11) is 0. The second kappa shape index (κ2) is 14.9. The van der Waals surface area contributed by atoms with E-state index in [0.29, 0.717) is 81.6 Å². The summed E-state index contributed by atoms with van der Waals surface area (Å²) in [5, 5.41) is 21.2. The van der Waals surface area contributed by atoms with Crippen LogP contribution < -0.4 is 23.8 Å². The first-order valence-corrected chi connectivity index (χ1v) is 17.7. The molecule has 0 bridgehead atoms. The van der Waals surface area contributed by atoms with E-state index >= 15 is 0 Å². The lowest BCUT2D eigenvalue weighted by Crippen LogP contribution is -2.29. The largest absolute Gasteiger partial charge is 0.507 e. The third kappa shape index (κ3) is 7.25. The van der Waals surface area contributed by atoms with Crippen LogP contribution in [0.15, 0.2) is 70.6 Å². The van der Waals surface area contributed by atoms with E-state index < -0.39 is 17.7 Å². The Balaban J connectivity index is 1.40. The molecule has 13 heteroatoms. The summed E-state index contributed by atoms with van der Waals surface area (Å²) < 4.78 is 24.0. The van der Waals surface area contributed by atoms with Crippen molar-refractivity contribution < 1.29 is 33.6 Å². The van der Waals surface area contributed by atoms with Gasteiger partial charge < -0.3 is 24.1 Å². The van der Waals surface area contributed by atoms with Crippen LogP contribution in [0.2, 0.25) is 5.02 Å². The minimum absolute atomic E-state index is 0.0989. The minimum Gasteiger partial charge on any atom is -0.507 e. The van der Waals surface area contributed by atoms with Crippen LogP contribution in [-0.4, -0.2) is 53.4 Å². The number of fused-ring (bicyclic) bond motifs is 1. The molecule has 3 aromatic carbocycles. The molecule has 1 atom stereocenters. The molecule has 0 saturated carbocycles. The molecule has 1 fully saturated rings. The maximum Gasteiger partial charge on any atom is 0.301 e. The van der Waals surface area contributed by atoms with E-state index in [2.05, 4.69) is 24.0 Å². The summed E-state index contributed by atoms with van der Waals surface area (Å²) in [6, 6.07) is 16.6. The van der Waals surface area contributed by atoms with Gasteiger partial charge in [-0.25, -0.2) is 0 Å². The lowest BCUT2D eigenvalue weighted by Gasteiger charge is -2.24. The van der Waals surface area contributed by atoms with Crippen LogP contribution in [0.25, 0.3) is 5.76 Å². The molecular weight excluding hydrogens is 674 g/mol. The molecule has 1 N–H and O–H groups in total. The van der Waals surface area contributed by atoms with Crippen molar-refractivity contribution in [3.63, 3.8) is 0 Å². The number of aliphatic hydroxyl groups excluding tert-OH is 1. The van der Waals surface area contributed by atoms with Crippen molar-refractivity contribution in [3.8, 4) is 23.0 Å². The van der Waals surface area contributed by atoms with Gasteiger partial charge in [0.2, 0.25) is 5.13 Å². The first-order chi connectivity index (χ1) is 23.2. The number of carbonyl (C=O) groups excluding carboxylic acids is 2. The number of thioether (sulfide) groups is 1. The smallest absolute Gasteiger partial charge is 0.301 e. The van der Waals surface area contributed by atoms with Crippen molar-refractivity contribution in [2.45, 2.75) is 43.3 Å². The molecule has 6 rings (SSSR count). The van der Waals surface area contributed by atoms with Gasteiger partial charge in [0.25, 0.3) is 5.78 Å². The number of hydrogen-bond acceptors (Lipinski definition) is 11. The molecule has 48 heavy (non-hydrogen) atoms. The number of benzene rings is 3. The van der Waals surface area contributed by atoms with E-state index in [-0.39, 0.29) is 16.5 Å². The predicted molar refractivity (Wildman–Crippen MR) is 186 cm³/mol. The zero-order chi connectivity index (χ0) is 33.8. The molecule has 2 aliphatic rings. The number of halogens is 1. The van der Waals surface area contributed by atoms with Crippen molar-refractivity contribution in [2.24, 2.45) is 5.92 Å². The van der Waals surface area contributed by atoms with E-state index in [9.17, 15) is 14.7 Å². The van der Waals surface area contributed by atoms with Crippen molar-refractivity contribution in [3.05, 3.63) is 87.9 Å². The van der Waals surface area contributed by atoms with Gasteiger partial charge in [-0.05, 0) is 72.9 Å². The van der Waals surface area contributed by atoms with Gasteiger partial charge in [0.15, 0.2) is 27.3 Å². The average Bonchev–Trinajstić information content (AvgIpc) is 3.66. The summed E-state index contributed by atoms with van der Waals surface area (Å²) >= 11 is 8.67. The van der Waals surface area contributed by atoms with Gasteiger partial charge in [-0.3, -0.25) is 14.5 Å². The minimum atomic E-state index is -1.04. The van der Waals surface area contributed by atoms with Gasteiger partial charge in [0, 0.05) is 16.3 Å². The number of ketones is 1. The summed E-state index contributed by atoms with van der Waals surface area (Å²) in [6.45, 7) is 7.73. The van der Waals surface area contributed by atoms with Crippen LogP contribution in [0.3, 0.4) is 0 Å². The number of rotatable bonds is 12. The molecule has 2 aliphatic heterocycles. The van der Waals surface area contributed by atoms with Gasteiger partial charge in [0.05, 0.1) is 24.8 Å². The molecule has 0 aliphatic carbocycles. The molecule has 3 heterocycles. The van der Waals surface area contributed by atoms with Gasteiger partial charge in [0.1, 0.15) is 19.0 Å². The Bertz CT molecular complexity index is 1840. The Kier molecular flexibility index (Phi) is 10.4. The summed E-state index contributed by atoms with van der Waals surface area (Å²) in [4.78, 5) is 28.9. The fourth-order valence-corrected chi connectivity index (χ4v) is 7.21.